The molecule has 1 aliphatic heterocycles. The van der Waals surface area contributed by atoms with E-state index >= 15 is 0 Å². The molecule has 1 aromatic rings. The first kappa shape index (κ1) is 11.4. The molecule has 0 aromatic heterocycles. The molecule has 0 saturated carbocycles. The first-order valence-corrected chi connectivity index (χ1v) is 5.38. The quantitative estimate of drug-likeness (QED) is 0.857. The minimum atomic E-state index is -0.669. The molecule has 1 saturated heterocycles. The number of hydrogen-bond acceptors (Lipinski definition) is 3. The van der Waals surface area contributed by atoms with E-state index in [-0.39, 0.29) is 11.9 Å². The molecule has 1 N–H and O–H groups in total. The summed E-state index contributed by atoms with van der Waals surface area (Å²) in [7, 11) is 0. The lowest BCUT2D eigenvalue weighted by Gasteiger charge is -2.17. The Morgan fingerprint density at radius 1 is 1.56 bits per heavy atom. The standard InChI is InChI=1S/C12H15FO3/c1-8(14)11-3-2-9(13)6-12(11)16-10-4-5-15-7-10/h2-3,6,8,10,14H,4-5,7H2,1H3. The van der Waals surface area contributed by atoms with Crippen LogP contribution in [0.2, 0.25) is 0 Å². The van der Waals surface area contributed by atoms with E-state index in [0.29, 0.717) is 24.5 Å². The van der Waals surface area contributed by atoms with Crippen LogP contribution in [0.25, 0.3) is 0 Å². The molecule has 0 bridgehead atoms. The molecule has 16 heavy (non-hydrogen) atoms. The van der Waals surface area contributed by atoms with E-state index in [9.17, 15) is 9.50 Å². The van der Waals surface area contributed by atoms with E-state index in [4.69, 9.17) is 9.47 Å². The summed E-state index contributed by atoms with van der Waals surface area (Å²) in [5.74, 6) is 0.0452. The second-order valence-corrected chi connectivity index (χ2v) is 3.96. The van der Waals surface area contributed by atoms with Crippen molar-refractivity contribution in [3.05, 3.63) is 29.6 Å². The third-order valence-corrected chi connectivity index (χ3v) is 2.61. The molecule has 1 aliphatic rings. The predicted molar refractivity (Wildman–Crippen MR) is 56.9 cm³/mol. The molecule has 2 unspecified atom stereocenters. The fourth-order valence-electron chi connectivity index (χ4n) is 1.74. The number of ether oxygens (including phenoxy) is 2. The summed E-state index contributed by atoms with van der Waals surface area (Å²) < 4.78 is 23.9. The number of aliphatic hydroxyl groups is 1. The maximum atomic E-state index is 13.1. The molecule has 3 nitrogen and oxygen atoms in total. The van der Waals surface area contributed by atoms with Gasteiger partial charge in [-0.05, 0) is 19.1 Å². The second-order valence-electron chi connectivity index (χ2n) is 3.96. The van der Waals surface area contributed by atoms with Crippen molar-refractivity contribution >= 4 is 0 Å². The van der Waals surface area contributed by atoms with Gasteiger partial charge < -0.3 is 14.6 Å². The zero-order valence-electron chi connectivity index (χ0n) is 9.15. The van der Waals surface area contributed by atoms with Gasteiger partial charge in [-0.15, -0.1) is 0 Å². The molecule has 0 radical (unpaired) electrons. The first-order valence-electron chi connectivity index (χ1n) is 5.38. The lowest BCUT2D eigenvalue weighted by molar-refractivity contribution is 0.135. The second kappa shape index (κ2) is 4.80. The van der Waals surface area contributed by atoms with Crippen LogP contribution in [0.4, 0.5) is 4.39 Å². The van der Waals surface area contributed by atoms with Gasteiger partial charge in [0.05, 0.1) is 19.3 Å². The lowest BCUT2D eigenvalue weighted by Crippen LogP contribution is -2.17. The van der Waals surface area contributed by atoms with Gasteiger partial charge in [0.1, 0.15) is 17.7 Å². The van der Waals surface area contributed by atoms with Gasteiger partial charge in [0.25, 0.3) is 0 Å². The Kier molecular flexibility index (Phi) is 3.41. The van der Waals surface area contributed by atoms with Crippen LogP contribution in [0.3, 0.4) is 0 Å². The lowest BCUT2D eigenvalue weighted by atomic mass is 10.1. The van der Waals surface area contributed by atoms with E-state index in [2.05, 4.69) is 0 Å². The first-order chi connectivity index (χ1) is 7.66. The zero-order chi connectivity index (χ0) is 11.5. The molecular weight excluding hydrogens is 211 g/mol. The van der Waals surface area contributed by atoms with E-state index < -0.39 is 6.10 Å². The Morgan fingerprint density at radius 3 is 3.00 bits per heavy atom. The number of hydrogen-bond donors (Lipinski definition) is 1. The SMILES string of the molecule is CC(O)c1ccc(F)cc1OC1CCOC1. The van der Waals surface area contributed by atoms with Crippen molar-refractivity contribution in [1.82, 2.24) is 0 Å². The summed E-state index contributed by atoms with van der Waals surface area (Å²) in [6.07, 6.45) is 0.0904. The summed E-state index contributed by atoms with van der Waals surface area (Å²) in [5.41, 5.74) is 0.605. The molecule has 0 amide bonds. The van der Waals surface area contributed by atoms with Crippen LogP contribution in [0.1, 0.15) is 25.0 Å². The van der Waals surface area contributed by atoms with E-state index in [1.807, 2.05) is 0 Å². The molecule has 1 heterocycles. The third-order valence-electron chi connectivity index (χ3n) is 2.61. The fourth-order valence-corrected chi connectivity index (χ4v) is 1.74. The molecule has 88 valence electrons. The van der Waals surface area contributed by atoms with Crippen molar-refractivity contribution in [2.45, 2.75) is 25.6 Å². The van der Waals surface area contributed by atoms with Gasteiger partial charge in [-0.3, -0.25) is 0 Å². The van der Waals surface area contributed by atoms with Gasteiger partial charge in [-0.25, -0.2) is 4.39 Å². The van der Waals surface area contributed by atoms with Crippen molar-refractivity contribution in [3.8, 4) is 5.75 Å². The monoisotopic (exact) mass is 226 g/mol. The maximum absolute atomic E-state index is 13.1. The van der Waals surface area contributed by atoms with Crippen LogP contribution in [0, 0.1) is 5.82 Å². The predicted octanol–water partition coefficient (Wildman–Crippen LogP) is 2.05. The summed E-state index contributed by atoms with van der Waals surface area (Å²) in [6, 6.07) is 4.17. The highest BCUT2D eigenvalue weighted by Gasteiger charge is 2.20. The highest BCUT2D eigenvalue weighted by Crippen LogP contribution is 2.28. The Labute approximate surface area is 93.8 Å². The molecule has 4 heteroatoms. The molecular formula is C12H15FO3. The summed E-state index contributed by atoms with van der Waals surface area (Å²) >= 11 is 0. The van der Waals surface area contributed by atoms with Crippen molar-refractivity contribution in [2.75, 3.05) is 13.2 Å². The molecule has 2 rings (SSSR count). The van der Waals surface area contributed by atoms with E-state index in [1.54, 1.807) is 13.0 Å². The minimum absolute atomic E-state index is 0.0423. The van der Waals surface area contributed by atoms with Gasteiger partial charge in [-0.1, -0.05) is 0 Å². The summed E-state index contributed by atoms with van der Waals surface area (Å²) in [5, 5.41) is 9.54. The fraction of sp³-hybridized carbons (Fsp3) is 0.500. The van der Waals surface area contributed by atoms with E-state index in [0.717, 1.165) is 6.42 Å². The van der Waals surface area contributed by atoms with Gasteiger partial charge in [0.2, 0.25) is 0 Å². The largest absolute Gasteiger partial charge is 0.487 e. The van der Waals surface area contributed by atoms with Crippen LogP contribution < -0.4 is 4.74 Å². The van der Waals surface area contributed by atoms with Crippen LogP contribution in [-0.4, -0.2) is 24.4 Å². The number of halogens is 1. The van der Waals surface area contributed by atoms with Crippen LogP contribution in [-0.2, 0) is 4.74 Å². The van der Waals surface area contributed by atoms with Crippen molar-refractivity contribution in [1.29, 1.82) is 0 Å². The highest BCUT2D eigenvalue weighted by molar-refractivity contribution is 5.35. The van der Waals surface area contributed by atoms with Crippen molar-refractivity contribution in [2.24, 2.45) is 0 Å². The summed E-state index contributed by atoms with van der Waals surface area (Å²) in [4.78, 5) is 0. The molecule has 1 aromatic carbocycles. The average molecular weight is 226 g/mol. The minimum Gasteiger partial charge on any atom is -0.487 e. The van der Waals surface area contributed by atoms with Gasteiger partial charge in [-0.2, -0.15) is 0 Å². The average Bonchev–Trinajstić information content (AvgIpc) is 2.70. The van der Waals surface area contributed by atoms with Gasteiger partial charge in [0.15, 0.2) is 0 Å². The van der Waals surface area contributed by atoms with Gasteiger partial charge in [0, 0.05) is 18.1 Å². The van der Waals surface area contributed by atoms with Crippen molar-refractivity contribution < 1.29 is 19.0 Å². The maximum Gasteiger partial charge on any atom is 0.128 e. The Bertz CT molecular complexity index is 359. The smallest absolute Gasteiger partial charge is 0.128 e. The van der Waals surface area contributed by atoms with Gasteiger partial charge >= 0.3 is 0 Å². The Balaban J connectivity index is 2.19. The normalized spacial score (nSPS) is 22.1. The van der Waals surface area contributed by atoms with Crippen molar-refractivity contribution in [3.63, 3.8) is 0 Å². The Hall–Kier alpha value is -1.13. The molecule has 2 atom stereocenters. The van der Waals surface area contributed by atoms with Crippen LogP contribution in [0.15, 0.2) is 18.2 Å². The zero-order valence-corrected chi connectivity index (χ0v) is 9.15. The highest BCUT2D eigenvalue weighted by atomic mass is 19.1. The summed E-state index contributed by atoms with van der Waals surface area (Å²) in [6.45, 7) is 2.82. The topological polar surface area (TPSA) is 38.7 Å². The number of aliphatic hydroxyl groups excluding tert-OH is 1. The molecule has 1 fully saturated rings. The molecule has 0 spiro atoms. The van der Waals surface area contributed by atoms with E-state index in [1.165, 1.54) is 12.1 Å². The number of rotatable bonds is 3. The van der Waals surface area contributed by atoms with Crippen LogP contribution >= 0.6 is 0 Å². The Morgan fingerprint density at radius 2 is 2.38 bits per heavy atom. The molecule has 0 aliphatic carbocycles. The third kappa shape index (κ3) is 2.51. The number of benzene rings is 1. The van der Waals surface area contributed by atoms with Crippen LogP contribution in [0.5, 0.6) is 5.75 Å².